The molecule has 7 aliphatic rings. The lowest BCUT2D eigenvalue weighted by atomic mass is 9.33. The average Bonchev–Trinajstić information content (AvgIpc) is 3.12. The largest absolute Gasteiger partial charge is 0.479 e. The van der Waals surface area contributed by atoms with E-state index in [1.54, 1.807) is 0 Å². The second kappa shape index (κ2) is 14.4. The van der Waals surface area contributed by atoms with Crippen LogP contribution in [-0.4, -0.2) is 139 Å². The fourth-order valence-electron chi connectivity index (χ4n) is 13.7. The molecule has 0 unspecified atom stereocenters. The molecule has 6 fully saturated rings. The zero-order valence-electron chi connectivity index (χ0n) is 34.1. The molecule has 2 saturated heterocycles. The Balaban J connectivity index is 1.16. The molecule has 9 N–H and O–H groups in total. The Kier molecular flexibility index (Phi) is 11.0. The molecule has 14 heteroatoms. The van der Waals surface area contributed by atoms with Crippen molar-refractivity contribution >= 4 is 5.97 Å². The summed E-state index contributed by atoms with van der Waals surface area (Å²) >= 11 is 0. The van der Waals surface area contributed by atoms with E-state index in [0.717, 1.165) is 44.9 Å². The molecule has 2 heterocycles. The van der Waals surface area contributed by atoms with Crippen molar-refractivity contribution in [2.75, 3.05) is 13.2 Å². The summed E-state index contributed by atoms with van der Waals surface area (Å²) in [4.78, 5) is 12.2. The van der Waals surface area contributed by atoms with Gasteiger partial charge in [0.15, 0.2) is 18.7 Å². The van der Waals surface area contributed by atoms with Crippen LogP contribution in [-0.2, 0) is 23.7 Å². The molecule has 0 aromatic carbocycles. The molecule has 0 spiro atoms. The third-order valence-electron chi connectivity index (χ3n) is 17.3. The van der Waals surface area contributed by atoms with Crippen molar-refractivity contribution in [1.82, 2.24) is 0 Å². The van der Waals surface area contributed by atoms with Crippen molar-refractivity contribution < 1.29 is 69.7 Å². The maximum Gasteiger partial charge on any atom is 0.335 e. The van der Waals surface area contributed by atoms with Gasteiger partial charge in [-0.05, 0) is 103 Å². The number of hydrogen-bond donors (Lipinski definition) is 9. The lowest BCUT2D eigenvalue weighted by molar-refractivity contribution is -0.374. The summed E-state index contributed by atoms with van der Waals surface area (Å²) in [5.41, 5.74) is 0.00997. The zero-order chi connectivity index (χ0) is 41.1. The number of ether oxygens (including phenoxy) is 4. The van der Waals surface area contributed by atoms with Crippen molar-refractivity contribution in [2.24, 2.45) is 50.2 Å². The summed E-state index contributed by atoms with van der Waals surface area (Å²) in [6, 6.07) is 0. The molecule has 320 valence electrons. The molecule has 0 radical (unpaired) electrons. The molecule has 56 heavy (non-hydrogen) atoms. The number of carbonyl (C=O) groups is 1. The molecule has 0 bridgehead atoms. The van der Waals surface area contributed by atoms with Crippen LogP contribution in [0.25, 0.3) is 0 Å². The monoisotopic (exact) mass is 796 g/mol. The van der Waals surface area contributed by atoms with E-state index in [-0.39, 0.29) is 46.0 Å². The minimum Gasteiger partial charge on any atom is -0.479 e. The number of hydrogen-bond acceptors (Lipinski definition) is 13. The van der Waals surface area contributed by atoms with E-state index in [4.69, 9.17) is 18.9 Å². The van der Waals surface area contributed by atoms with Crippen molar-refractivity contribution in [2.45, 2.75) is 180 Å². The molecule has 0 amide bonds. The molecule has 14 nitrogen and oxygen atoms in total. The van der Waals surface area contributed by atoms with Crippen LogP contribution in [0.5, 0.6) is 0 Å². The quantitative estimate of drug-likeness (QED) is 0.132. The van der Waals surface area contributed by atoms with Gasteiger partial charge in [-0.1, -0.05) is 60.1 Å². The van der Waals surface area contributed by atoms with E-state index < -0.39 is 97.0 Å². The Hall–Kier alpha value is -1.27. The highest BCUT2D eigenvalue weighted by Gasteiger charge is 2.70. The first-order chi connectivity index (χ1) is 26.0. The van der Waals surface area contributed by atoms with Gasteiger partial charge in [0.05, 0.1) is 25.4 Å². The summed E-state index contributed by atoms with van der Waals surface area (Å²) in [7, 11) is 0. The van der Waals surface area contributed by atoms with E-state index >= 15 is 0 Å². The standard InChI is InChI=1S/C42H68O14/c1-37(2)14-15-42(19-44)21(16-37)20-8-9-24-39(5)12-11-26(38(3,4)23(39)10-13-40(24,6)41(20,7)17-25(42)45)54-36-33(30(49)29(48)32(55-36)34(51)52)56-35-31(50)28(47)27(46)22(18-43)53-35/h8,21-33,35-36,43-50H,9-19H2,1-7H3,(H,51,52)/t21-,22+,23-,24+,25-,26-,27+,28-,29-,30-,31+,32-,33+,35-,36+,39-,40+,41+,42+/m0/s1. The molecule has 2 aliphatic heterocycles. The number of rotatable bonds is 7. The molecular formula is C42H68O14. The first kappa shape index (κ1) is 42.8. The van der Waals surface area contributed by atoms with Crippen LogP contribution < -0.4 is 0 Å². The van der Waals surface area contributed by atoms with Gasteiger partial charge in [-0.25, -0.2) is 4.79 Å². The summed E-state index contributed by atoms with van der Waals surface area (Å²) in [5.74, 6) is -0.957. The Morgan fingerprint density at radius 3 is 2.11 bits per heavy atom. The highest BCUT2D eigenvalue weighted by atomic mass is 16.8. The van der Waals surface area contributed by atoms with Crippen molar-refractivity contribution in [3.05, 3.63) is 11.6 Å². The smallest absolute Gasteiger partial charge is 0.335 e. The fraction of sp³-hybridized carbons (Fsp3) is 0.929. The normalized spacial score (nSPS) is 53.8. The molecular weight excluding hydrogens is 728 g/mol. The second-order valence-electron chi connectivity index (χ2n) is 20.9. The van der Waals surface area contributed by atoms with E-state index in [1.807, 2.05) is 0 Å². The van der Waals surface area contributed by atoms with Crippen LogP contribution in [0.2, 0.25) is 0 Å². The number of carboxylic acids is 1. The molecule has 0 aromatic heterocycles. The minimum atomic E-state index is -1.94. The highest BCUT2D eigenvalue weighted by molar-refractivity contribution is 5.73. The Bertz CT molecular complexity index is 1520. The lowest BCUT2D eigenvalue weighted by Gasteiger charge is -2.72. The molecule has 5 aliphatic carbocycles. The molecule has 7 rings (SSSR count). The first-order valence-electron chi connectivity index (χ1n) is 20.9. The fourth-order valence-corrected chi connectivity index (χ4v) is 13.7. The summed E-state index contributed by atoms with van der Waals surface area (Å²) in [5, 5.41) is 96.0. The van der Waals surface area contributed by atoms with E-state index in [0.29, 0.717) is 12.8 Å². The van der Waals surface area contributed by atoms with Crippen molar-refractivity contribution in [3.63, 3.8) is 0 Å². The van der Waals surface area contributed by atoms with Gasteiger partial charge >= 0.3 is 5.97 Å². The predicted molar refractivity (Wildman–Crippen MR) is 199 cm³/mol. The van der Waals surface area contributed by atoms with Gasteiger partial charge in [-0.15, -0.1) is 0 Å². The number of allylic oxidation sites excluding steroid dienone is 2. The van der Waals surface area contributed by atoms with Gasteiger partial charge in [-0.3, -0.25) is 0 Å². The van der Waals surface area contributed by atoms with Crippen LogP contribution in [0.1, 0.15) is 106 Å². The van der Waals surface area contributed by atoms with Crippen molar-refractivity contribution in [3.8, 4) is 0 Å². The third kappa shape index (κ3) is 6.21. The van der Waals surface area contributed by atoms with Crippen LogP contribution in [0, 0.1) is 50.2 Å². The van der Waals surface area contributed by atoms with Crippen LogP contribution >= 0.6 is 0 Å². The van der Waals surface area contributed by atoms with Gasteiger partial charge in [0.2, 0.25) is 0 Å². The number of aliphatic hydroxyl groups excluding tert-OH is 8. The van der Waals surface area contributed by atoms with Gasteiger partial charge in [0.1, 0.15) is 42.7 Å². The van der Waals surface area contributed by atoms with Gasteiger partial charge < -0.3 is 64.9 Å². The molecule has 0 aromatic rings. The first-order valence-corrected chi connectivity index (χ1v) is 20.9. The Morgan fingerprint density at radius 2 is 1.46 bits per heavy atom. The number of carboxylic acid groups (broad SMARTS) is 1. The van der Waals surface area contributed by atoms with E-state index in [9.17, 15) is 50.8 Å². The Labute approximate surface area is 330 Å². The summed E-state index contributed by atoms with van der Waals surface area (Å²) in [6.07, 6.45) is -8.28. The van der Waals surface area contributed by atoms with Crippen LogP contribution in [0.3, 0.4) is 0 Å². The number of fused-ring (bicyclic) bond motifs is 7. The highest BCUT2D eigenvalue weighted by Crippen LogP contribution is 2.76. The maximum atomic E-state index is 12.2. The topological polar surface area (TPSA) is 236 Å². The molecule has 19 atom stereocenters. The lowest BCUT2D eigenvalue weighted by Crippen LogP contribution is -2.68. The van der Waals surface area contributed by atoms with Gasteiger partial charge in [0.25, 0.3) is 0 Å². The summed E-state index contributed by atoms with van der Waals surface area (Å²) in [6.45, 7) is 15.4. The van der Waals surface area contributed by atoms with Gasteiger partial charge in [-0.2, -0.15) is 0 Å². The average molecular weight is 797 g/mol. The van der Waals surface area contributed by atoms with E-state index in [1.165, 1.54) is 5.57 Å². The zero-order valence-corrected chi connectivity index (χ0v) is 34.1. The third-order valence-corrected chi connectivity index (χ3v) is 17.3. The second-order valence-corrected chi connectivity index (χ2v) is 20.9. The number of aliphatic hydroxyl groups is 8. The van der Waals surface area contributed by atoms with Gasteiger partial charge in [0, 0.05) is 5.41 Å². The van der Waals surface area contributed by atoms with Crippen LogP contribution in [0.15, 0.2) is 11.6 Å². The summed E-state index contributed by atoms with van der Waals surface area (Å²) < 4.78 is 24.0. The maximum absolute atomic E-state index is 12.2. The predicted octanol–water partition coefficient (Wildman–Crippen LogP) is 1.85. The van der Waals surface area contributed by atoms with E-state index in [2.05, 4.69) is 54.5 Å². The minimum absolute atomic E-state index is 0.0137. The Morgan fingerprint density at radius 1 is 0.768 bits per heavy atom. The SMILES string of the molecule is CC1(C)CC[C@]2(CO)[C@@H](O)C[C@]3(C)C(=CC[C@@H]4[C@@]5(C)CC[C@H](O[C@@H]6O[C@H](C(=O)O)[C@@H](O)[C@H](O)[C@H]6O[C@@H]6O[C@H](CO)[C@@H](O)[C@H](O)[C@H]6O)C(C)(C)[C@@H]5CC[C@]43C)[C@@H]2C1. The van der Waals surface area contributed by atoms with Crippen molar-refractivity contribution in [1.29, 1.82) is 0 Å². The van der Waals surface area contributed by atoms with Crippen LogP contribution in [0.4, 0.5) is 0 Å². The number of aliphatic carboxylic acids is 1. The molecule has 4 saturated carbocycles.